The van der Waals surface area contributed by atoms with E-state index in [2.05, 4.69) is 27.8 Å². The number of hydrogen-bond acceptors (Lipinski definition) is 4. The minimum atomic E-state index is -0.363. The van der Waals surface area contributed by atoms with E-state index in [1.165, 1.54) is 11.8 Å². The molecule has 2 N–H and O–H groups in total. The maximum Gasteiger partial charge on any atom is 0.272 e. The number of nitrogens with one attached hydrogen (secondary N) is 2. The van der Waals surface area contributed by atoms with Crippen molar-refractivity contribution in [2.45, 2.75) is 26.7 Å². The van der Waals surface area contributed by atoms with Gasteiger partial charge in [0.05, 0.1) is 12.0 Å². The molecule has 1 aromatic heterocycles. The number of anilines is 1. The van der Waals surface area contributed by atoms with Gasteiger partial charge in [-0.15, -0.1) is 0 Å². The van der Waals surface area contributed by atoms with Crippen LogP contribution in [-0.4, -0.2) is 22.5 Å². The Balaban J connectivity index is 1.85. The van der Waals surface area contributed by atoms with Crippen LogP contribution in [0.1, 0.15) is 36.2 Å². The molecule has 0 radical (unpaired) electrons. The molecule has 0 saturated heterocycles. The maximum atomic E-state index is 12.0. The molecular formula is C18H20N4O2. The van der Waals surface area contributed by atoms with E-state index >= 15 is 0 Å². The second-order valence-electron chi connectivity index (χ2n) is 5.31. The summed E-state index contributed by atoms with van der Waals surface area (Å²) in [5.74, 6) is -0.547. The molecule has 2 aromatic rings. The Morgan fingerprint density at radius 2 is 1.92 bits per heavy atom. The van der Waals surface area contributed by atoms with Crippen molar-refractivity contribution in [2.24, 2.45) is 5.10 Å². The van der Waals surface area contributed by atoms with Crippen LogP contribution >= 0.6 is 0 Å². The van der Waals surface area contributed by atoms with E-state index in [1.807, 2.05) is 24.3 Å². The predicted molar refractivity (Wildman–Crippen MR) is 93.9 cm³/mol. The fourth-order valence-electron chi connectivity index (χ4n) is 2.01. The minimum Gasteiger partial charge on any atom is -0.326 e. The Labute approximate surface area is 141 Å². The topological polar surface area (TPSA) is 83.5 Å². The normalized spacial score (nSPS) is 11.0. The Morgan fingerprint density at radius 3 is 2.54 bits per heavy atom. The number of carbonyl (C=O) groups excluding carboxylic acids is 2. The van der Waals surface area contributed by atoms with Gasteiger partial charge in [0.1, 0.15) is 0 Å². The molecule has 6 nitrogen and oxygen atoms in total. The van der Waals surface area contributed by atoms with Crippen LogP contribution in [0.25, 0.3) is 0 Å². The van der Waals surface area contributed by atoms with Crippen molar-refractivity contribution < 1.29 is 9.59 Å². The lowest BCUT2D eigenvalue weighted by Crippen LogP contribution is -2.21. The molecule has 0 unspecified atom stereocenters. The van der Waals surface area contributed by atoms with Crippen molar-refractivity contribution in [1.82, 2.24) is 10.4 Å². The fraction of sp³-hybridized carbons (Fsp3) is 0.222. The molecule has 0 fully saturated rings. The monoisotopic (exact) mass is 324 g/mol. The summed E-state index contributed by atoms with van der Waals surface area (Å²) < 4.78 is 0. The highest BCUT2D eigenvalue weighted by Crippen LogP contribution is 2.10. The van der Waals surface area contributed by atoms with Crippen LogP contribution in [0, 0.1) is 0 Å². The molecule has 0 saturated carbocycles. The lowest BCUT2D eigenvalue weighted by Gasteiger charge is -2.06. The van der Waals surface area contributed by atoms with Crippen molar-refractivity contribution in [2.75, 3.05) is 5.32 Å². The summed E-state index contributed by atoms with van der Waals surface area (Å²) in [7, 11) is 0. The summed E-state index contributed by atoms with van der Waals surface area (Å²) in [5.41, 5.74) is 5.28. The first-order valence-electron chi connectivity index (χ1n) is 7.71. The molecule has 6 heteroatoms. The van der Waals surface area contributed by atoms with Crippen molar-refractivity contribution >= 4 is 23.2 Å². The van der Waals surface area contributed by atoms with Gasteiger partial charge in [0, 0.05) is 23.8 Å². The standard InChI is InChI=1S/C18H20N4O2/c1-3-14-6-8-16(9-7-14)20-17(23)11-13(2)21-22-18(24)15-5-4-10-19-12-15/h4-10,12H,3,11H2,1-2H3,(H,20,23)(H,22,24). The summed E-state index contributed by atoms with van der Waals surface area (Å²) in [5, 5.41) is 6.74. The first-order chi connectivity index (χ1) is 11.6. The number of hydrazone groups is 1. The van der Waals surface area contributed by atoms with Crippen LogP contribution in [0.5, 0.6) is 0 Å². The van der Waals surface area contributed by atoms with Crippen LogP contribution in [0.2, 0.25) is 0 Å². The maximum absolute atomic E-state index is 12.0. The van der Waals surface area contributed by atoms with Crippen LogP contribution in [0.4, 0.5) is 5.69 Å². The first kappa shape index (κ1) is 17.3. The quantitative estimate of drug-likeness (QED) is 0.633. The SMILES string of the molecule is CCc1ccc(NC(=O)CC(C)=NNC(=O)c2cccnc2)cc1. The molecule has 0 spiro atoms. The summed E-state index contributed by atoms with van der Waals surface area (Å²) in [6.45, 7) is 3.76. The van der Waals surface area contributed by atoms with E-state index in [9.17, 15) is 9.59 Å². The molecule has 1 heterocycles. The average molecular weight is 324 g/mol. The molecule has 0 aliphatic carbocycles. The first-order valence-corrected chi connectivity index (χ1v) is 7.71. The van der Waals surface area contributed by atoms with Crippen LogP contribution in [0.15, 0.2) is 53.9 Å². The molecular weight excluding hydrogens is 304 g/mol. The van der Waals surface area contributed by atoms with Gasteiger partial charge in [-0.05, 0) is 43.2 Å². The van der Waals surface area contributed by atoms with Gasteiger partial charge < -0.3 is 5.32 Å². The number of aromatic nitrogens is 1. The summed E-state index contributed by atoms with van der Waals surface area (Å²) in [4.78, 5) is 27.7. The van der Waals surface area contributed by atoms with Crippen LogP contribution in [0.3, 0.4) is 0 Å². The number of benzene rings is 1. The third kappa shape index (κ3) is 5.31. The van der Waals surface area contributed by atoms with E-state index in [4.69, 9.17) is 0 Å². The molecule has 0 atom stereocenters. The van der Waals surface area contributed by atoms with E-state index in [-0.39, 0.29) is 18.2 Å². The van der Waals surface area contributed by atoms with Crippen molar-refractivity contribution in [1.29, 1.82) is 0 Å². The summed E-state index contributed by atoms with van der Waals surface area (Å²) >= 11 is 0. The lowest BCUT2D eigenvalue weighted by molar-refractivity contribution is -0.115. The van der Waals surface area contributed by atoms with Gasteiger partial charge in [-0.1, -0.05) is 19.1 Å². The van der Waals surface area contributed by atoms with Gasteiger partial charge in [0.25, 0.3) is 5.91 Å². The predicted octanol–water partition coefficient (Wildman–Crippen LogP) is 2.78. The zero-order valence-corrected chi connectivity index (χ0v) is 13.7. The Kier molecular flexibility index (Phi) is 6.19. The van der Waals surface area contributed by atoms with E-state index in [1.54, 1.807) is 25.3 Å². The second-order valence-corrected chi connectivity index (χ2v) is 5.31. The number of carbonyl (C=O) groups is 2. The molecule has 0 aliphatic rings. The lowest BCUT2D eigenvalue weighted by atomic mass is 10.1. The highest BCUT2D eigenvalue weighted by molar-refractivity contribution is 6.06. The van der Waals surface area contributed by atoms with E-state index < -0.39 is 0 Å². The van der Waals surface area contributed by atoms with Gasteiger partial charge >= 0.3 is 0 Å². The Bertz CT molecular complexity index is 724. The van der Waals surface area contributed by atoms with E-state index in [0.29, 0.717) is 11.3 Å². The van der Waals surface area contributed by atoms with Gasteiger partial charge in [0.15, 0.2) is 0 Å². The zero-order chi connectivity index (χ0) is 17.4. The smallest absolute Gasteiger partial charge is 0.272 e. The molecule has 24 heavy (non-hydrogen) atoms. The minimum absolute atomic E-state index is 0.100. The fourth-order valence-corrected chi connectivity index (χ4v) is 2.01. The van der Waals surface area contributed by atoms with Gasteiger partial charge in [-0.3, -0.25) is 14.6 Å². The van der Waals surface area contributed by atoms with Crippen molar-refractivity contribution in [3.05, 3.63) is 59.9 Å². The highest BCUT2D eigenvalue weighted by atomic mass is 16.2. The third-order valence-corrected chi connectivity index (χ3v) is 3.33. The number of hydrogen-bond donors (Lipinski definition) is 2. The summed E-state index contributed by atoms with van der Waals surface area (Å²) in [6.07, 6.45) is 4.09. The summed E-state index contributed by atoms with van der Waals surface area (Å²) in [6, 6.07) is 11.0. The van der Waals surface area contributed by atoms with Gasteiger partial charge in [-0.2, -0.15) is 5.10 Å². The third-order valence-electron chi connectivity index (χ3n) is 3.33. The Morgan fingerprint density at radius 1 is 1.17 bits per heavy atom. The van der Waals surface area contributed by atoms with Gasteiger partial charge in [-0.25, -0.2) is 5.43 Å². The number of nitrogens with zero attached hydrogens (tertiary/aromatic N) is 2. The molecule has 2 amide bonds. The number of aryl methyl sites for hydroxylation is 1. The second kappa shape index (κ2) is 8.57. The highest BCUT2D eigenvalue weighted by Gasteiger charge is 2.07. The van der Waals surface area contributed by atoms with E-state index in [0.717, 1.165) is 12.1 Å². The number of rotatable bonds is 6. The van der Waals surface area contributed by atoms with Crippen molar-refractivity contribution in [3.63, 3.8) is 0 Å². The van der Waals surface area contributed by atoms with Crippen LogP contribution in [-0.2, 0) is 11.2 Å². The molecule has 0 aliphatic heterocycles. The molecule has 124 valence electrons. The number of pyridine rings is 1. The number of amides is 2. The molecule has 1 aromatic carbocycles. The van der Waals surface area contributed by atoms with Crippen molar-refractivity contribution in [3.8, 4) is 0 Å². The molecule has 0 bridgehead atoms. The average Bonchev–Trinajstić information content (AvgIpc) is 2.61. The Hall–Kier alpha value is -3.02. The zero-order valence-electron chi connectivity index (χ0n) is 13.7. The molecule has 2 rings (SSSR count). The van der Waals surface area contributed by atoms with Gasteiger partial charge in [0.2, 0.25) is 5.91 Å². The van der Waals surface area contributed by atoms with Crippen LogP contribution < -0.4 is 10.7 Å². The largest absolute Gasteiger partial charge is 0.326 e.